The van der Waals surface area contributed by atoms with Gasteiger partial charge in [0.05, 0.1) is 6.10 Å². The highest BCUT2D eigenvalue weighted by Gasteiger charge is 2.21. The van der Waals surface area contributed by atoms with Gasteiger partial charge in [-0.25, -0.2) is 9.59 Å². The Labute approximate surface area is 124 Å². The third-order valence-corrected chi connectivity index (χ3v) is 3.05. The molecule has 0 saturated carbocycles. The molecule has 3 N–H and O–H groups in total. The monoisotopic (exact) mass is 294 g/mol. The van der Waals surface area contributed by atoms with E-state index in [1.807, 2.05) is 30.3 Å². The van der Waals surface area contributed by atoms with Crippen LogP contribution >= 0.6 is 0 Å². The van der Waals surface area contributed by atoms with Gasteiger partial charge in [-0.2, -0.15) is 0 Å². The summed E-state index contributed by atoms with van der Waals surface area (Å²) in [5, 5.41) is 20.9. The van der Waals surface area contributed by atoms with Gasteiger partial charge in [0.2, 0.25) is 0 Å². The number of carboxylic acid groups (broad SMARTS) is 1. The van der Waals surface area contributed by atoms with Gasteiger partial charge in [-0.3, -0.25) is 0 Å². The van der Waals surface area contributed by atoms with Crippen LogP contribution in [0, 0.1) is 0 Å². The molecule has 0 aliphatic carbocycles. The molecule has 1 aromatic rings. The third kappa shape index (κ3) is 6.27. The Kier molecular flexibility index (Phi) is 6.68. The topological polar surface area (TPSA) is 89.9 Å². The Hall–Kier alpha value is -2.08. The maximum absolute atomic E-state index is 11.8. The van der Waals surface area contributed by atoms with Crippen LogP contribution in [-0.2, 0) is 11.2 Å². The number of carbonyl (C=O) groups excluding carboxylic acids is 1. The van der Waals surface area contributed by atoms with Crippen molar-refractivity contribution in [2.75, 3.05) is 13.6 Å². The number of carbonyl (C=O) groups is 2. The molecule has 0 spiro atoms. The van der Waals surface area contributed by atoms with Gasteiger partial charge in [0, 0.05) is 13.6 Å². The van der Waals surface area contributed by atoms with Gasteiger partial charge in [-0.15, -0.1) is 0 Å². The van der Waals surface area contributed by atoms with Crippen LogP contribution in [0.5, 0.6) is 0 Å². The molecule has 0 bridgehead atoms. The number of aliphatic hydroxyl groups is 1. The lowest BCUT2D eigenvalue weighted by atomic mass is 10.1. The van der Waals surface area contributed by atoms with Gasteiger partial charge in [0.1, 0.15) is 6.04 Å². The largest absolute Gasteiger partial charge is 0.480 e. The molecule has 1 rings (SSSR count). The number of aryl methyl sites for hydroxylation is 1. The zero-order valence-electron chi connectivity index (χ0n) is 12.3. The lowest BCUT2D eigenvalue weighted by Gasteiger charge is -2.22. The van der Waals surface area contributed by atoms with Gasteiger partial charge in [-0.1, -0.05) is 30.3 Å². The van der Waals surface area contributed by atoms with Crippen LogP contribution < -0.4 is 5.32 Å². The van der Waals surface area contributed by atoms with E-state index in [4.69, 9.17) is 0 Å². The molecule has 2 amide bonds. The van der Waals surface area contributed by atoms with Crippen LogP contribution in [0.3, 0.4) is 0 Å². The van der Waals surface area contributed by atoms with E-state index >= 15 is 0 Å². The minimum Gasteiger partial charge on any atom is -0.480 e. The van der Waals surface area contributed by atoms with Crippen molar-refractivity contribution in [1.29, 1.82) is 0 Å². The zero-order chi connectivity index (χ0) is 15.8. The molecule has 0 fully saturated rings. The minimum atomic E-state index is -1.07. The zero-order valence-corrected chi connectivity index (χ0v) is 12.3. The summed E-state index contributed by atoms with van der Waals surface area (Å²) in [6.45, 7) is 1.71. The number of likely N-dealkylation sites (N-methyl/N-ethyl adjacent to an activating group) is 1. The molecular weight excluding hydrogens is 272 g/mol. The Morgan fingerprint density at radius 2 is 1.90 bits per heavy atom. The fourth-order valence-corrected chi connectivity index (χ4v) is 1.95. The second-order valence-electron chi connectivity index (χ2n) is 5.09. The fourth-order valence-electron chi connectivity index (χ4n) is 1.95. The number of benzene rings is 1. The Bertz CT molecular complexity index is 462. The molecule has 0 heterocycles. The molecule has 0 radical (unpaired) electrons. The van der Waals surface area contributed by atoms with Gasteiger partial charge in [0.15, 0.2) is 0 Å². The fraction of sp³-hybridized carbons (Fsp3) is 0.467. The van der Waals surface area contributed by atoms with E-state index in [0.717, 1.165) is 5.56 Å². The van der Waals surface area contributed by atoms with E-state index in [1.165, 1.54) is 11.9 Å². The molecular formula is C15H22N2O4. The summed E-state index contributed by atoms with van der Waals surface area (Å²) in [5.41, 5.74) is 1.02. The van der Waals surface area contributed by atoms with E-state index < -0.39 is 24.1 Å². The number of urea groups is 1. The molecule has 0 saturated heterocycles. The van der Waals surface area contributed by atoms with Crippen LogP contribution in [0.15, 0.2) is 30.3 Å². The SMILES string of the molecule is CC(O)CN(C)C(=O)N[C@@H](CCc1ccccc1)C(=O)O. The van der Waals surface area contributed by atoms with Crippen molar-refractivity contribution in [3.8, 4) is 0 Å². The second-order valence-corrected chi connectivity index (χ2v) is 5.09. The van der Waals surface area contributed by atoms with Crippen molar-refractivity contribution in [3.05, 3.63) is 35.9 Å². The average Bonchev–Trinajstić information content (AvgIpc) is 2.43. The first-order valence-corrected chi connectivity index (χ1v) is 6.86. The van der Waals surface area contributed by atoms with Crippen LogP contribution in [0.1, 0.15) is 18.9 Å². The highest BCUT2D eigenvalue weighted by Crippen LogP contribution is 2.06. The maximum atomic E-state index is 11.8. The van der Waals surface area contributed by atoms with Crippen molar-refractivity contribution in [2.24, 2.45) is 0 Å². The van der Waals surface area contributed by atoms with Crippen LogP contribution in [0.2, 0.25) is 0 Å². The number of amides is 2. The molecule has 21 heavy (non-hydrogen) atoms. The lowest BCUT2D eigenvalue weighted by molar-refractivity contribution is -0.139. The van der Waals surface area contributed by atoms with Crippen LogP contribution in [0.25, 0.3) is 0 Å². The quantitative estimate of drug-likeness (QED) is 0.702. The summed E-state index contributed by atoms with van der Waals surface area (Å²) < 4.78 is 0. The van der Waals surface area contributed by atoms with Crippen molar-refractivity contribution in [2.45, 2.75) is 31.9 Å². The predicted molar refractivity (Wildman–Crippen MR) is 79.0 cm³/mol. The standard InChI is InChI=1S/C15H22N2O4/c1-11(18)10-17(2)15(21)16-13(14(19)20)9-8-12-6-4-3-5-7-12/h3-7,11,13,18H,8-10H2,1-2H3,(H,16,21)(H,19,20)/t11?,13-/m0/s1. The number of nitrogens with zero attached hydrogens (tertiary/aromatic N) is 1. The Balaban J connectivity index is 2.54. The van der Waals surface area contributed by atoms with Crippen molar-refractivity contribution in [3.63, 3.8) is 0 Å². The highest BCUT2D eigenvalue weighted by molar-refractivity contribution is 5.82. The summed E-state index contributed by atoms with van der Waals surface area (Å²) in [7, 11) is 1.51. The molecule has 1 unspecified atom stereocenters. The molecule has 6 heteroatoms. The van der Waals surface area contributed by atoms with E-state index in [1.54, 1.807) is 6.92 Å². The van der Waals surface area contributed by atoms with Gasteiger partial charge < -0.3 is 20.4 Å². The third-order valence-electron chi connectivity index (χ3n) is 3.05. The molecule has 0 aliphatic rings. The first-order chi connectivity index (χ1) is 9.90. The van der Waals surface area contributed by atoms with E-state index in [0.29, 0.717) is 12.8 Å². The maximum Gasteiger partial charge on any atom is 0.326 e. The summed E-state index contributed by atoms with van der Waals surface area (Å²) in [4.78, 5) is 24.3. The molecule has 0 aromatic heterocycles. The average molecular weight is 294 g/mol. The van der Waals surface area contributed by atoms with E-state index in [9.17, 15) is 19.8 Å². The number of carboxylic acids is 1. The summed E-state index contributed by atoms with van der Waals surface area (Å²) in [6.07, 6.45) is 0.222. The van der Waals surface area contributed by atoms with Crippen LogP contribution in [0.4, 0.5) is 4.79 Å². The molecule has 6 nitrogen and oxygen atoms in total. The van der Waals surface area contributed by atoms with E-state index in [-0.39, 0.29) is 6.54 Å². The number of aliphatic carboxylic acids is 1. The van der Waals surface area contributed by atoms with Crippen molar-refractivity contribution >= 4 is 12.0 Å². The summed E-state index contributed by atoms with van der Waals surface area (Å²) in [5.74, 6) is -1.07. The first kappa shape index (κ1) is 17.0. The first-order valence-electron chi connectivity index (χ1n) is 6.86. The Morgan fingerprint density at radius 1 is 1.29 bits per heavy atom. The van der Waals surface area contributed by atoms with Crippen LogP contribution in [-0.4, -0.2) is 52.9 Å². The molecule has 0 aliphatic heterocycles. The molecule has 2 atom stereocenters. The second kappa shape index (κ2) is 8.26. The van der Waals surface area contributed by atoms with Crippen molar-refractivity contribution in [1.82, 2.24) is 10.2 Å². The number of nitrogens with one attached hydrogen (secondary N) is 1. The van der Waals surface area contributed by atoms with Gasteiger partial charge in [-0.05, 0) is 25.3 Å². The normalized spacial score (nSPS) is 13.3. The molecule has 116 valence electrons. The van der Waals surface area contributed by atoms with Gasteiger partial charge >= 0.3 is 12.0 Å². The molecule has 1 aromatic carbocycles. The Morgan fingerprint density at radius 3 is 2.43 bits per heavy atom. The smallest absolute Gasteiger partial charge is 0.326 e. The number of aliphatic hydroxyl groups excluding tert-OH is 1. The predicted octanol–water partition coefficient (Wildman–Crippen LogP) is 1.09. The summed E-state index contributed by atoms with van der Waals surface area (Å²) >= 11 is 0. The number of hydrogen-bond acceptors (Lipinski definition) is 3. The summed E-state index contributed by atoms with van der Waals surface area (Å²) in [6, 6.07) is 8.05. The number of rotatable bonds is 7. The lowest BCUT2D eigenvalue weighted by Crippen LogP contribution is -2.48. The highest BCUT2D eigenvalue weighted by atomic mass is 16.4. The van der Waals surface area contributed by atoms with E-state index in [2.05, 4.69) is 5.32 Å². The van der Waals surface area contributed by atoms with Gasteiger partial charge in [0.25, 0.3) is 0 Å². The minimum absolute atomic E-state index is 0.150. The number of hydrogen-bond donors (Lipinski definition) is 3. The van der Waals surface area contributed by atoms with Crippen molar-refractivity contribution < 1.29 is 19.8 Å².